The van der Waals surface area contributed by atoms with Gasteiger partial charge in [0.25, 0.3) is 0 Å². The number of imidazole rings is 1. The van der Waals surface area contributed by atoms with Crippen molar-refractivity contribution in [2.24, 2.45) is 0 Å². The van der Waals surface area contributed by atoms with Crippen molar-refractivity contribution in [1.29, 1.82) is 0 Å². The molecule has 0 radical (unpaired) electrons. The molecule has 21 heavy (non-hydrogen) atoms. The monoisotopic (exact) mass is 306 g/mol. The Hall–Kier alpha value is -1.75. The molecule has 4 nitrogen and oxygen atoms in total. The number of rotatable bonds is 4. The summed E-state index contributed by atoms with van der Waals surface area (Å²) in [6, 6.07) is 5.84. The van der Waals surface area contributed by atoms with Crippen LogP contribution >= 0.6 is 12.2 Å². The SMILES string of the molecule is COc1ccc(Cn2c(C(C)(C)C)c[nH]c2=S)c(OC)c1. The van der Waals surface area contributed by atoms with Crippen molar-refractivity contribution in [2.45, 2.75) is 32.7 Å². The molecule has 0 saturated carbocycles. The number of hydrogen-bond acceptors (Lipinski definition) is 3. The van der Waals surface area contributed by atoms with Crippen LogP contribution in [0.25, 0.3) is 0 Å². The second kappa shape index (κ2) is 5.93. The zero-order valence-electron chi connectivity index (χ0n) is 13.2. The fourth-order valence-corrected chi connectivity index (χ4v) is 2.55. The molecule has 114 valence electrons. The molecule has 0 bridgehead atoms. The van der Waals surface area contributed by atoms with Crippen LogP contribution in [0.3, 0.4) is 0 Å². The standard InChI is InChI=1S/C16H22N2O2S/c1-16(2,3)14-9-17-15(21)18(14)10-11-6-7-12(19-4)8-13(11)20-5/h6-9H,10H2,1-5H3,(H,17,21). The fraction of sp³-hybridized carbons (Fsp3) is 0.438. The number of nitrogens with zero attached hydrogens (tertiary/aromatic N) is 1. The van der Waals surface area contributed by atoms with Crippen molar-refractivity contribution in [2.75, 3.05) is 14.2 Å². The smallest absolute Gasteiger partial charge is 0.177 e. The number of ether oxygens (including phenoxy) is 2. The largest absolute Gasteiger partial charge is 0.497 e. The summed E-state index contributed by atoms with van der Waals surface area (Å²) < 4.78 is 13.5. The first-order valence-corrected chi connectivity index (χ1v) is 7.27. The Morgan fingerprint density at radius 3 is 2.48 bits per heavy atom. The predicted octanol–water partition coefficient (Wildman–Crippen LogP) is 3.91. The number of hydrogen-bond donors (Lipinski definition) is 1. The van der Waals surface area contributed by atoms with E-state index in [1.807, 2.05) is 24.4 Å². The van der Waals surface area contributed by atoms with Crippen molar-refractivity contribution in [3.8, 4) is 11.5 Å². The number of benzene rings is 1. The highest BCUT2D eigenvalue weighted by Gasteiger charge is 2.20. The molecule has 0 aliphatic carbocycles. The van der Waals surface area contributed by atoms with Gasteiger partial charge in [-0.1, -0.05) is 20.8 Å². The molecule has 2 rings (SSSR count). The average Bonchev–Trinajstić information content (AvgIpc) is 2.80. The van der Waals surface area contributed by atoms with Gasteiger partial charge in [0.1, 0.15) is 11.5 Å². The Labute approximate surface area is 130 Å². The van der Waals surface area contributed by atoms with Crippen LogP contribution < -0.4 is 9.47 Å². The second-order valence-electron chi connectivity index (χ2n) is 5.99. The molecule has 0 spiro atoms. The van der Waals surface area contributed by atoms with E-state index in [1.165, 1.54) is 5.69 Å². The Morgan fingerprint density at radius 1 is 1.19 bits per heavy atom. The summed E-state index contributed by atoms with van der Waals surface area (Å²) in [4.78, 5) is 3.14. The molecule has 0 atom stereocenters. The Bertz CT molecular complexity index is 680. The predicted molar refractivity (Wildman–Crippen MR) is 87.0 cm³/mol. The van der Waals surface area contributed by atoms with Crippen molar-refractivity contribution in [3.05, 3.63) is 40.4 Å². The van der Waals surface area contributed by atoms with Gasteiger partial charge in [0, 0.05) is 28.9 Å². The summed E-state index contributed by atoms with van der Waals surface area (Å²) in [7, 11) is 3.31. The topological polar surface area (TPSA) is 39.2 Å². The van der Waals surface area contributed by atoms with Crippen LogP contribution in [0, 0.1) is 4.77 Å². The minimum atomic E-state index is 0.0211. The van der Waals surface area contributed by atoms with Gasteiger partial charge < -0.3 is 19.0 Å². The molecule has 1 heterocycles. The third-order valence-electron chi connectivity index (χ3n) is 3.46. The summed E-state index contributed by atoms with van der Waals surface area (Å²) in [5, 5.41) is 0. The first-order chi connectivity index (χ1) is 9.86. The molecule has 0 aliphatic rings. The maximum Gasteiger partial charge on any atom is 0.177 e. The van der Waals surface area contributed by atoms with Crippen LogP contribution in [0.1, 0.15) is 32.0 Å². The first-order valence-electron chi connectivity index (χ1n) is 6.86. The van der Waals surface area contributed by atoms with Crippen molar-refractivity contribution in [1.82, 2.24) is 9.55 Å². The van der Waals surface area contributed by atoms with E-state index < -0.39 is 0 Å². The minimum Gasteiger partial charge on any atom is -0.497 e. The molecule has 0 unspecified atom stereocenters. The van der Waals surface area contributed by atoms with Crippen LogP contribution in [-0.2, 0) is 12.0 Å². The van der Waals surface area contributed by atoms with E-state index in [1.54, 1.807) is 14.2 Å². The lowest BCUT2D eigenvalue weighted by atomic mass is 9.92. The van der Waals surface area contributed by atoms with E-state index in [9.17, 15) is 0 Å². The summed E-state index contributed by atoms with van der Waals surface area (Å²) in [5.74, 6) is 1.58. The van der Waals surface area contributed by atoms with Crippen LogP contribution in [-0.4, -0.2) is 23.8 Å². The highest BCUT2D eigenvalue weighted by Crippen LogP contribution is 2.28. The number of aromatic amines is 1. The number of aromatic nitrogens is 2. The van der Waals surface area contributed by atoms with Gasteiger partial charge in [-0.25, -0.2) is 0 Å². The zero-order valence-corrected chi connectivity index (χ0v) is 14.0. The molecule has 0 saturated heterocycles. The minimum absolute atomic E-state index is 0.0211. The van der Waals surface area contributed by atoms with Crippen LogP contribution in [0.15, 0.2) is 24.4 Å². The van der Waals surface area contributed by atoms with Crippen LogP contribution in [0.2, 0.25) is 0 Å². The third kappa shape index (κ3) is 3.29. The van der Waals surface area contributed by atoms with E-state index in [0.29, 0.717) is 6.54 Å². The molecule has 0 fully saturated rings. The maximum absolute atomic E-state index is 5.46. The van der Waals surface area contributed by atoms with Gasteiger partial charge >= 0.3 is 0 Å². The van der Waals surface area contributed by atoms with Gasteiger partial charge in [-0.2, -0.15) is 0 Å². The lowest BCUT2D eigenvalue weighted by molar-refractivity contribution is 0.389. The number of H-pyrrole nitrogens is 1. The zero-order chi connectivity index (χ0) is 15.6. The van der Waals surface area contributed by atoms with Gasteiger partial charge in [0.15, 0.2) is 4.77 Å². The molecular formula is C16H22N2O2S. The molecule has 1 N–H and O–H groups in total. The van der Waals surface area contributed by atoms with Crippen molar-refractivity contribution >= 4 is 12.2 Å². The second-order valence-corrected chi connectivity index (χ2v) is 6.38. The molecule has 5 heteroatoms. The lowest BCUT2D eigenvalue weighted by Crippen LogP contribution is -2.18. The molecule has 0 amide bonds. The van der Waals surface area contributed by atoms with Gasteiger partial charge in [0.2, 0.25) is 0 Å². The van der Waals surface area contributed by atoms with Crippen molar-refractivity contribution < 1.29 is 9.47 Å². The van der Waals surface area contributed by atoms with Gasteiger partial charge in [-0.3, -0.25) is 0 Å². The highest BCUT2D eigenvalue weighted by molar-refractivity contribution is 7.71. The van der Waals surface area contributed by atoms with E-state index >= 15 is 0 Å². The fourth-order valence-electron chi connectivity index (χ4n) is 2.33. The molecule has 2 aromatic rings. The van der Waals surface area contributed by atoms with Gasteiger partial charge in [-0.05, 0) is 24.4 Å². The lowest BCUT2D eigenvalue weighted by Gasteiger charge is -2.21. The normalized spacial score (nSPS) is 11.5. The Balaban J connectivity index is 2.44. The van der Waals surface area contributed by atoms with Gasteiger partial charge in [0.05, 0.1) is 20.8 Å². The Kier molecular flexibility index (Phi) is 4.42. The summed E-state index contributed by atoms with van der Waals surface area (Å²) in [5.41, 5.74) is 2.26. The van der Waals surface area contributed by atoms with E-state index in [0.717, 1.165) is 21.8 Å². The maximum atomic E-state index is 5.46. The highest BCUT2D eigenvalue weighted by atomic mass is 32.1. The van der Waals surface area contributed by atoms with Gasteiger partial charge in [-0.15, -0.1) is 0 Å². The van der Waals surface area contributed by atoms with Crippen LogP contribution in [0.5, 0.6) is 11.5 Å². The van der Waals surface area contributed by atoms with E-state index in [2.05, 4.69) is 30.3 Å². The number of methoxy groups -OCH3 is 2. The molecular weight excluding hydrogens is 284 g/mol. The molecule has 0 aliphatic heterocycles. The molecule has 1 aromatic carbocycles. The Morgan fingerprint density at radius 2 is 1.90 bits per heavy atom. The van der Waals surface area contributed by atoms with E-state index in [4.69, 9.17) is 21.7 Å². The summed E-state index contributed by atoms with van der Waals surface area (Å²) in [6.45, 7) is 7.19. The summed E-state index contributed by atoms with van der Waals surface area (Å²) in [6.07, 6.45) is 1.98. The quantitative estimate of drug-likeness (QED) is 0.871. The van der Waals surface area contributed by atoms with Crippen LogP contribution in [0.4, 0.5) is 0 Å². The summed E-state index contributed by atoms with van der Waals surface area (Å²) >= 11 is 5.41. The first kappa shape index (κ1) is 15.6. The molecule has 1 aromatic heterocycles. The van der Waals surface area contributed by atoms with E-state index in [-0.39, 0.29) is 5.41 Å². The number of nitrogens with one attached hydrogen (secondary N) is 1. The van der Waals surface area contributed by atoms with Crippen molar-refractivity contribution in [3.63, 3.8) is 0 Å². The third-order valence-corrected chi connectivity index (χ3v) is 3.80. The average molecular weight is 306 g/mol.